The Morgan fingerprint density at radius 1 is 1.47 bits per heavy atom. The molecule has 1 fully saturated rings. The maximum atomic E-state index is 9.95. The van der Waals surface area contributed by atoms with E-state index in [2.05, 4.69) is 28.8 Å². The van der Waals surface area contributed by atoms with E-state index in [0.717, 1.165) is 38.4 Å². The predicted octanol–water partition coefficient (Wildman–Crippen LogP) is 0.891. The van der Waals surface area contributed by atoms with Gasteiger partial charge in [0.05, 0.1) is 12.1 Å². The van der Waals surface area contributed by atoms with E-state index in [9.17, 15) is 5.11 Å². The molecule has 1 aliphatic heterocycles. The van der Waals surface area contributed by atoms with Crippen molar-refractivity contribution in [2.24, 2.45) is 5.92 Å². The van der Waals surface area contributed by atoms with Gasteiger partial charge in [0, 0.05) is 19.6 Å². The first kappa shape index (κ1) is 12.5. The number of likely N-dealkylation sites (tertiary alicyclic amines) is 1. The quantitative estimate of drug-likeness (QED) is 0.828. The van der Waals surface area contributed by atoms with Crippen molar-refractivity contribution in [2.45, 2.75) is 45.9 Å². The molecule has 0 spiro atoms. The van der Waals surface area contributed by atoms with Gasteiger partial charge >= 0.3 is 0 Å². The minimum absolute atomic E-state index is 0.469. The van der Waals surface area contributed by atoms with E-state index in [0.29, 0.717) is 5.92 Å². The lowest BCUT2D eigenvalue weighted by molar-refractivity contribution is -0.104. The third kappa shape index (κ3) is 2.84. The second kappa shape index (κ2) is 4.74. The molecule has 0 amide bonds. The molecule has 1 aliphatic rings. The molecule has 96 valence electrons. The number of hydrogen-bond acceptors (Lipinski definition) is 4. The second-order valence-electron chi connectivity index (χ2n) is 5.48. The first-order valence-electron chi connectivity index (χ1n) is 6.34. The number of β-amino-alcohol motifs (C(OH)–C–C–N with tert-alkyl or cyclic N) is 1. The molecule has 0 aromatic carbocycles. The van der Waals surface area contributed by atoms with E-state index >= 15 is 0 Å². The van der Waals surface area contributed by atoms with Gasteiger partial charge in [0.1, 0.15) is 12.2 Å². The Morgan fingerprint density at radius 3 is 2.76 bits per heavy atom. The molecular weight excluding hydrogens is 216 g/mol. The molecule has 0 unspecified atom stereocenters. The van der Waals surface area contributed by atoms with Crippen molar-refractivity contribution in [1.29, 1.82) is 0 Å². The number of hydrogen-bond donors (Lipinski definition) is 1. The maximum absolute atomic E-state index is 9.95. The van der Waals surface area contributed by atoms with Crippen LogP contribution in [0, 0.1) is 5.92 Å². The standard InChI is InChI=1S/C12H22N4O/c1-4-12(17)7-15(8-12)6-11-13-9-14-16(11)5-10(2)3/h9-10,17H,4-8H2,1-3H3. The van der Waals surface area contributed by atoms with Crippen LogP contribution in [0.25, 0.3) is 0 Å². The van der Waals surface area contributed by atoms with Gasteiger partial charge in [-0.15, -0.1) is 0 Å². The Labute approximate surface area is 102 Å². The molecular formula is C12H22N4O. The van der Waals surface area contributed by atoms with Gasteiger partial charge in [0.15, 0.2) is 0 Å². The summed E-state index contributed by atoms with van der Waals surface area (Å²) in [5, 5.41) is 14.2. The van der Waals surface area contributed by atoms with Crippen LogP contribution in [0.5, 0.6) is 0 Å². The molecule has 5 heteroatoms. The number of rotatable bonds is 5. The van der Waals surface area contributed by atoms with Crippen LogP contribution in [0.1, 0.15) is 33.0 Å². The minimum Gasteiger partial charge on any atom is -0.387 e. The van der Waals surface area contributed by atoms with Gasteiger partial charge in [-0.05, 0) is 12.3 Å². The van der Waals surface area contributed by atoms with Crippen LogP contribution >= 0.6 is 0 Å². The fourth-order valence-corrected chi connectivity index (χ4v) is 2.23. The van der Waals surface area contributed by atoms with E-state index < -0.39 is 5.60 Å². The van der Waals surface area contributed by atoms with Gasteiger partial charge in [0.2, 0.25) is 0 Å². The Kier molecular flexibility index (Phi) is 3.49. The molecule has 0 radical (unpaired) electrons. The van der Waals surface area contributed by atoms with Gasteiger partial charge in [-0.1, -0.05) is 20.8 Å². The lowest BCUT2D eigenvalue weighted by Gasteiger charge is -2.45. The largest absolute Gasteiger partial charge is 0.387 e. The highest BCUT2D eigenvalue weighted by atomic mass is 16.3. The molecule has 1 saturated heterocycles. The summed E-state index contributed by atoms with van der Waals surface area (Å²) in [5.74, 6) is 1.57. The predicted molar refractivity (Wildman–Crippen MR) is 65.4 cm³/mol. The van der Waals surface area contributed by atoms with E-state index in [4.69, 9.17) is 0 Å². The Morgan fingerprint density at radius 2 is 2.18 bits per heavy atom. The molecule has 5 nitrogen and oxygen atoms in total. The van der Waals surface area contributed by atoms with Crippen LogP contribution in [0.15, 0.2) is 6.33 Å². The summed E-state index contributed by atoms with van der Waals surface area (Å²) < 4.78 is 1.97. The summed E-state index contributed by atoms with van der Waals surface area (Å²) in [5.41, 5.74) is -0.469. The van der Waals surface area contributed by atoms with Crippen LogP contribution in [-0.2, 0) is 13.1 Å². The molecule has 0 saturated carbocycles. The third-order valence-corrected chi connectivity index (χ3v) is 3.29. The first-order chi connectivity index (χ1) is 8.02. The zero-order chi connectivity index (χ0) is 12.5. The highest BCUT2D eigenvalue weighted by Crippen LogP contribution is 2.25. The van der Waals surface area contributed by atoms with Crippen LogP contribution in [0.3, 0.4) is 0 Å². The van der Waals surface area contributed by atoms with Crippen molar-refractivity contribution < 1.29 is 5.11 Å². The number of nitrogens with zero attached hydrogens (tertiary/aromatic N) is 4. The normalized spacial score (nSPS) is 19.6. The van der Waals surface area contributed by atoms with Crippen molar-refractivity contribution in [3.63, 3.8) is 0 Å². The Bertz CT molecular complexity index is 368. The molecule has 17 heavy (non-hydrogen) atoms. The van der Waals surface area contributed by atoms with Crippen LogP contribution in [0.2, 0.25) is 0 Å². The third-order valence-electron chi connectivity index (χ3n) is 3.29. The molecule has 0 bridgehead atoms. The van der Waals surface area contributed by atoms with E-state index in [-0.39, 0.29) is 0 Å². The summed E-state index contributed by atoms with van der Waals surface area (Å²) in [6.45, 7) is 9.56. The maximum Gasteiger partial charge on any atom is 0.141 e. The Balaban J connectivity index is 1.90. The van der Waals surface area contributed by atoms with E-state index in [1.807, 2.05) is 11.6 Å². The fourth-order valence-electron chi connectivity index (χ4n) is 2.23. The molecule has 1 N–H and O–H groups in total. The van der Waals surface area contributed by atoms with Crippen molar-refractivity contribution in [2.75, 3.05) is 13.1 Å². The number of aromatic nitrogens is 3. The lowest BCUT2D eigenvalue weighted by Crippen LogP contribution is -2.60. The minimum atomic E-state index is -0.469. The smallest absolute Gasteiger partial charge is 0.141 e. The van der Waals surface area contributed by atoms with E-state index in [1.54, 1.807) is 6.33 Å². The number of aliphatic hydroxyl groups is 1. The average molecular weight is 238 g/mol. The zero-order valence-electron chi connectivity index (χ0n) is 10.9. The molecule has 2 rings (SSSR count). The molecule has 0 atom stereocenters. The summed E-state index contributed by atoms with van der Waals surface area (Å²) in [6, 6.07) is 0. The SMILES string of the molecule is CCC1(O)CN(Cc2ncnn2CC(C)C)C1. The molecule has 0 aliphatic carbocycles. The second-order valence-corrected chi connectivity index (χ2v) is 5.48. The van der Waals surface area contributed by atoms with Crippen molar-refractivity contribution in [3.05, 3.63) is 12.2 Å². The van der Waals surface area contributed by atoms with Crippen molar-refractivity contribution in [3.8, 4) is 0 Å². The zero-order valence-corrected chi connectivity index (χ0v) is 10.9. The van der Waals surface area contributed by atoms with Crippen molar-refractivity contribution >= 4 is 0 Å². The first-order valence-corrected chi connectivity index (χ1v) is 6.34. The highest BCUT2D eigenvalue weighted by Gasteiger charge is 2.39. The van der Waals surface area contributed by atoms with E-state index in [1.165, 1.54) is 0 Å². The Hall–Kier alpha value is -0.940. The van der Waals surface area contributed by atoms with Crippen LogP contribution in [0.4, 0.5) is 0 Å². The molecule has 2 heterocycles. The van der Waals surface area contributed by atoms with Gasteiger partial charge in [-0.3, -0.25) is 4.90 Å². The molecule has 1 aromatic rings. The van der Waals surface area contributed by atoms with Gasteiger partial charge in [0.25, 0.3) is 0 Å². The average Bonchev–Trinajstić information content (AvgIpc) is 2.62. The lowest BCUT2D eigenvalue weighted by atomic mass is 9.91. The summed E-state index contributed by atoms with van der Waals surface area (Å²) in [6.07, 6.45) is 2.44. The van der Waals surface area contributed by atoms with Gasteiger partial charge < -0.3 is 5.11 Å². The fraction of sp³-hybridized carbons (Fsp3) is 0.833. The van der Waals surface area contributed by atoms with Gasteiger partial charge in [-0.25, -0.2) is 9.67 Å². The van der Waals surface area contributed by atoms with Crippen LogP contribution in [-0.4, -0.2) is 43.5 Å². The summed E-state index contributed by atoms with van der Waals surface area (Å²) in [4.78, 5) is 6.51. The monoisotopic (exact) mass is 238 g/mol. The topological polar surface area (TPSA) is 54.2 Å². The summed E-state index contributed by atoms with van der Waals surface area (Å²) >= 11 is 0. The van der Waals surface area contributed by atoms with Crippen molar-refractivity contribution in [1.82, 2.24) is 19.7 Å². The van der Waals surface area contributed by atoms with Crippen LogP contribution < -0.4 is 0 Å². The van der Waals surface area contributed by atoms with Gasteiger partial charge in [-0.2, -0.15) is 5.10 Å². The highest BCUT2D eigenvalue weighted by molar-refractivity contribution is 4.97. The summed E-state index contributed by atoms with van der Waals surface area (Å²) in [7, 11) is 0. The molecule has 1 aromatic heterocycles.